The van der Waals surface area contributed by atoms with E-state index in [0.29, 0.717) is 0 Å². The van der Waals surface area contributed by atoms with E-state index in [2.05, 4.69) is 4.52 Å². The number of phosphoric ester groups is 1. The molecule has 5 atom stereocenters. The first-order chi connectivity index (χ1) is 10.6. The van der Waals surface area contributed by atoms with Gasteiger partial charge in [-0.15, -0.1) is 0 Å². The number of H-pyrrole nitrogens is 1. The van der Waals surface area contributed by atoms with Gasteiger partial charge < -0.3 is 14.7 Å². The fourth-order valence-corrected chi connectivity index (χ4v) is 3.94. The highest BCUT2D eigenvalue weighted by molar-refractivity contribution is 7.47. The van der Waals surface area contributed by atoms with Crippen molar-refractivity contribution in [2.75, 3.05) is 13.3 Å². The fourth-order valence-electron chi connectivity index (χ4n) is 2.82. The van der Waals surface area contributed by atoms with Crippen LogP contribution in [0.2, 0.25) is 0 Å². The lowest BCUT2D eigenvalue weighted by molar-refractivity contribution is -0.153. The first-order valence-electron chi connectivity index (χ1n) is 6.55. The van der Waals surface area contributed by atoms with E-state index < -0.39 is 55.9 Å². The van der Waals surface area contributed by atoms with E-state index in [9.17, 15) is 28.5 Å². The number of hydrogen-bond donors (Lipinski definition) is 3. The van der Waals surface area contributed by atoms with Crippen LogP contribution in [0, 0.1) is 0 Å². The molecule has 0 radical (unpaired) electrons. The number of nitrogens with one attached hydrogen (secondary N) is 1. The number of aromatic nitrogens is 2. The number of aliphatic hydroxyl groups is 1. The molecule has 2 aliphatic rings. The molecule has 2 saturated heterocycles. The molecule has 3 rings (SSSR count). The Kier molecular flexibility index (Phi) is 3.63. The van der Waals surface area contributed by atoms with Gasteiger partial charge in [0.05, 0.1) is 6.61 Å². The molecule has 2 aliphatic heterocycles. The van der Waals surface area contributed by atoms with Crippen LogP contribution in [0.4, 0.5) is 4.39 Å². The number of phosphoric acid groups is 1. The van der Waals surface area contributed by atoms with Crippen molar-refractivity contribution < 1.29 is 32.7 Å². The third-order valence-corrected chi connectivity index (χ3v) is 4.83. The first kappa shape index (κ1) is 16.5. The Labute approximate surface area is 128 Å². The average Bonchev–Trinajstić information content (AvgIpc) is 2.68. The number of rotatable bonds is 2. The maximum atomic E-state index is 13.6. The summed E-state index contributed by atoms with van der Waals surface area (Å²) in [6, 6.07) is 1.01. The molecule has 2 fully saturated rings. The second-order valence-corrected chi connectivity index (χ2v) is 7.05. The van der Waals surface area contributed by atoms with E-state index >= 15 is 0 Å². The minimum atomic E-state index is -4.48. The van der Waals surface area contributed by atoms with Crippen LogP contribution >= 0.6 is 7.82 Å². The summed E-state index contributed by atoms with van der Waals surface area (Å²) in [4.78, 5) is 34.4. The molecule has 1 aromatic heterocycles. The molecule has 23 heavy (non-hydrogen) atoms. The lowest BCUT2D eigenvalue weighted by Crippen LogP contribution is -2.56. The van der Waals surface area contributed by atoms with Crippen molar-refractivity contribution in [1.29, 1.82) is 0 Å². The number of halogens is 1. The summed E-state index contributed by atoms with van der Waals surface area (Å²) >= 11 is 0. The molecule has 0 bridgehead atoms. The van der Waals surface area contributed by atoms with Crippen LogP contribution in [0.15, 0.2) is 21.9 Å². The maximum Gasteiger partial charge on any atom is 0.472 e. The molecule has 1 unspecified atom stereocenters. The van der Waals surface area contributed by atoms with Gasteiger partial charge in [-0.05, 0) is 6.92 Å². The van der Waals surface area contributed by atoms with Gasteiger partial charge in [-0.1, -0.05) is 0 Å². The van der Waals surface area contributed by atoms with E-state index in [0.717, 1.165) is 16.8 Å². The van der Waals surface area contributed by atoms with Crippen molar-refractivity contribution in [3.63, 3.8) is 0 Å². The summed E-state index contributed by atoms with van der Waals surface area (Å²) in [7, 11) is -4.48. The molecular weight excluding hydrogens is 338 g/mol. The molecule has 12 heteroatoms. The monoisotopic (exact) mass is 352 g/mol. The Balaban J connectivity index is 2.09. The predicted molar refractivity (Wildman–Crippen MR) is 71.4 cm³/mol. The Morgan fingerprint density at radius 2 is 2.26 bits per heavy atom. The zero-order valence-corrected chi connectivity index (χ0v) is 12.7. The van der Waals surface area contributed by atoms with Gasteiger partial charge in [-0.3, -0.25) is 23.4 Å². The number of fused-ring (bicyclic) bond motifs is 1. The van der Waals surface area contributed by atoms with E-state index in [4.69, 9.17) is 9.26 Å². The zero-order chi connectivity index (χ0) is 17.0. The van der Waals surface area contributed by atoms with Crippen molar-refractivity contribution in [3.8, 4) is 0 Å². The van der Waals surface area contributed by atoms with Crippen molar-refractivity contribution in [1.82, 2.24) is 9.55 Å². The average molecular weight is 352 g/mol. The number of nitrogens with zero attached hydrogens (tertiary/aromatic N) is 1. The van der Waals surface area contributed by atoms with Gasteiger partial charge >= 0.3 is 13.5 Å². The van der Waals surface area contributed by atoms with Gasteiger partial charge in [-0.2, -0.15) is 0 Å². The topological polar surface area (TPSA) is 140 Å². The minimum absolute atomic E-state index is 0.646. The first-order valence-corrected chi connectivity index (χ1v) is 8.04. The van der Waals surface area contributed by atoms with Crippen LogP contribution in [0.25, 0.3) is 0 Å². The second-order valence-electron chi connectivity index (χ2n) is 5.64. The summed E-state index contributed by atoms with van der Waals surface area (Å²) in [5, 5.41) is 10.7. The van der Waals surface area contributed by atoms with Crippen LogP contribution in [0.1, 0.15) is 13.2 Å². The predicted octanol–water partition coefficient (Wildman–Crippen LogP) is -0.960. The standard InChI is InChI=1S/C11H14FN2O8P/c1-10(17)7-11(4-12,5-20-23(18,19)22-7)21-8(10)14-3-2-6(15)13-9(14)16/h2-3,7-8,17H,4-5H2,1H3,(H,18,19)(H,13,15,16)/t7-,8+,10+,11+/m0/s1. The van der Waals surface area contributed by atoms with Gasteiger partial charge in [0.15, 0.2) is 11.8 Å². The molecule has 0 saturated carbocycles. The van der Waals surface area contributed by atoms with Crippen LogP contribution in [-0.2, 0) is 18.3 Å². The van der Waals surface area contributed by atoms with Crippen LogP contribution in [-0.4, -0.2) is 50.1 Å². The Morgan fingerprint density at radius 3 is 2.87 bits per heavy atom. The quantitative estimate of drug-likeness (QED) is 0.578. The van der Waals surface area contributed by atoms with Gasteiger partial charge in [0.1, 0.15) is 18.4 Å². The maximum absolute atomic E-state index is 13.6. The van der Waals surface area contributed by atoms with E-state index in [1.54, 1.807) is 0 Å². The highest BCUT2D eigenvalue weighted by Crippen LogP contribution is 2.58. The molecule has 10 nitrogen and oxygen atoms in total. The third-order valence-electron chi connectivity index (χ3n) is 3.90. The van der Waals surface area contributed by atoms with Crippen molar-refractivity contribution in [2.24, 2.45) is 0 Å². The highest BCUT2D eigenvalue weighted by atomic mass is 31.2. The van der Waals surface area contributed by atoms with Crippen LogP contribution < -0.4 is 11.2 Å². The molecule has 3 N–H and O–H groups in total. The Bertz CT molecular complexity index is 791. The zero-order valence-electron chi connectivity index (χ0n) is 11.8. The van der Waals surface area contributed by atoms with Crippen LogP contribution in [0.3, 0.4) is 0 Å². The van der Waals surface area contributed by atoms with Crippen LogP contribution in [0.5, 0.6) is 0 Å². The Hall–Kier alpha value is -1.36. The third kappa shape index (κ3) is 2.49. The molecule has 0 amide bonds. The normalized spacial score (nSPS) is 43.3. The summed E-state index contributed by atoms with van der Waals surface area (Å²) in [5.74, 6) is 0. The summed E-state index contributed by atoms with van der Waals surface area (Å²) in [6.07, 6.45) is -1.97. The lowest BCUT2D eigenvalue weighted by atomic mass is 9.88. The largest absolute Gasteiger partial charge is 0.472 e. The smallest absolute Gasteiger partial charge is 0.383 e. The Morgan fingerprint density at radius 1 is 1.57 bits per heavy atom. The number of alkyl halides is 1. The summed E-state index contributed by atoms with van der Waals surface area (Å²) in [6.45, 7) is -0.669. The van der Waals surface area contributed by atoms with Crippen molar-refractivity contribution >= 4 is 7.82 Å². The minimum Gasteiger partial charge on any atom is -0.383 e. The highest BCUT2D eigenvalue weighted by Gasteiger charge is 2.67. The second kappa shape index (κ2) is 5.07. The van der Waals surface area contributed by atoms with Crippen molar-refractivity contribution in [2.45, 2.75) is 30.5 Å². The van der Waals surface area contributed by atoms with E-state index in [1.807, 2.05) is 4.98 Å². The molecule has 0 spiro atoms. The van der Waals surface area contributed by atoms with Gasteiger partial charge in [0.2, 0.25) is 0 Å². The fraction of sp³-hybridized carbons (Fsp3) is 0.636. The van der Waals surface area contributed by atoms with Gasteiger partial charge in [0, 0.05) is 12.3 Å². The van der Waals surface area contributed by atoms with Gasteiger partial charge in [-0.25, -0.2) is 13.8 Å². The van der Waals surface area contributed by atoms with Gasteiger partial charge in [0.25, 0.3) is 5.56 Å². The molecule has 128 valence electrons. The van der Waals surface area contributed by atoms with E-state index in [1.165, 1.54) is 6.92 Å². The number of hydrogen-bond acceptors (Lipinski definition) is 7. The van der Waals surface area contributed by atoms with Crippen molar-refractivity contribution in [3.05, 3.63) is 33.1 Å². The molecule has 0 aromatic carbocycles. The number of ether oxygens (including phenoxy) is 1. The number of aromatic amines is 1. The lowest BCUT2D eigenvalue weighted by Gasteiger charge is -2.39. The molecule has 1 aromatic rings. The van der Waals surface area contributed by atoms with E-state index in [-0.39, 0.29) is 0 Å². The summed E-state index contributed by atoms with van der Waals surface area (Å²) in [5.41, 5.74) is -5.47. The summed E-state index contributed by atoms with van der Waals surface area (Å²) < 4.78 is 40.8. The molecular formula is C11H14FN2O8P. The molecule has 3 heterocycles. The SMILES string of the molecule is C[C@@]1(O)[C@@H]2OP(=O)(O)OC[C@@]2(CF)O[C@H]1n1ccc(=O)[nH]c1=O. The molecule has 0 aliphatic carbocycles.